The summed E-state index contributed by atoms with van der Waals surface area (Å²) in [5.41, 5.74) is 2.93. The minimum absolute atomic E-state index is 0.0424. The fourth-order valence-corrected chi connectivity index (χ4v) is 4.67. The van der Waals surface area contributed by atoms with Gasteiger partial charge < -0.3 is 20.3 Å². The van der Waals surface area contributed by atoms with Crippen molar-refractivity contribution in [2.24, 2.45) is 0 Å². The van der Waals surface area contributed by atoms with E-state index in [0.717, 1.165) is 35.1 Å². The number of aryl methyl sites for hydroxylation is 1. The number of benzene rings is 2. The summed E-state index contributed by atoms with van der Waals surface area (Å²) in [6.07, 6.45) is 1.35. The molecule has 0 saturated heterocycles. The van der Waals surface area contributed by atoms with Gasteiger partial charge in [0.15, 0.2) is 0 Å². The van der Waals surface area contributed by atoms with Gasteiger partial charge in [0.2, 0.25) is 11.8 Å². The van der Waals surface area contributed by atoms with Gasteiger partial charge in [-0.15, -0.1) is 0 Å². The molecule has 2 aromatic carbocycles. The molecule has 0 aliphatic rings. The zero-order valence-corrected chi connectivity index (χ0v) is 25.1. The van der Waals surface area contributed by atoms with Crippen LogP contribution in [0.3, 0.4) is 0 Å². The molecule has 0 aliphatic heterocycles. The summed E-state index contributed by atoms with van der Waals surface area (Å²) in [6, 6.07) is 13.2. The molecular weight excluding hydrogens is 490 g/mol. The van der Waals surface area contributed by atoms with Crippen LogP contribution in [0.25, 0.3) is 0 Å². The number of rotatable bonds is 11. The number of hydrogen-bond donors (Lipinski definition) is 2. The van der Waals surface area contributed by atoms with Crippen molar-refractivity contribution in [3.63, 3.8) is 0 Å². The number of ether oxygens (including phenoxy) is 1. The van der Waals surface area contributed by atoms with Crippen LogP contribution in [0, 0.1) is 13.8 Å². The normalized spacial score (nSPS) is 13.8. The molecule has 0 fully saturated rings. The molecule has 214 valence electrons. The molecule has 7 heteroatoms. The van der Waals surface area contributed by atoms with Crippen molar-refractivity contribution in [3.05, 3.63) is 70.8 Å². The number of nitrogens with one attached hydrogen (secondary N) is 2. The monoisotopic (exact) mass is 537 g/mol. The van der Waals surface area contributed by atoms with E-state index in [9.17, 15) is 14.4 Å². The zero-order valence-electron chi connectivity index (χ0n) is 25.1. The second-order valence-electron chi connectivity index (χ2n) is 11.6. The highest BCUT2D eigenvalue weighted by Crippen LogP contribution is 2.29. The topological polar surface area (TPSA) is 87.7 Å². The van der Waals surface area contributed by atoms with E-state index in [0.29, 0.717) is 0 Å². The third kappa shape index (κ3) is 9.41. The predicted octanol–water partition coefficient (Wildman–Crippen LogP) is 6.02. The van der Waals surface area contributed by atoms with E-state index in [1.165, 1.54) is 0 Å². The Morgan fingerprint density at radius 3 is 2.13 bits per heavy atom. The number of amides is 3. The van der Waals surface area contributed by atoms with E-state index in [2.05, 4.69) is 17.6 Å². The van der Waals surface area contributed by atoms with Crippen LogP contribution in [-0.2, 0) is 20.7 Å². The minimum atomic E-state index is -0.932. The highest BCUT2D eigenvalue weighted by molar-refractivity contribution is 5.93. The smallest absolute Gasteiger partial charge is 0.408 e. The Hall–Kier alpha value is -3.35. The Bertz CT molecular complexity index is 1110. The average molecular weight is 538 g/mol. The van der Waals surface area contributed by atoms with Crippen LogP contribution in [0.15, 0.2) is 48.5 Å². The van der Waals surface area contributed by atoms with Crippen LogP contribution < -0.4 is 10.6 Å². The number of carbonyl (C=O) groups is 3. The minimum Gasteiger partial charge on any atom is -0.444 e. The van der Waals surface area contributed by atoms with E-state index < -0.39 is 23.8 Å². The maximum absolute atomic E-state index is 14.4. The largest absolute Gasteiger partial charge is 0.444 e. The van der Waals surface area contributed by atoms with Gasteiger partial charge in [-0.3, -0.25) is 9.59 Å². The standard InChI is InChI=1S/C32H47N3O4/c1-10-15-23(5)33-29(36)28(26-19-14-16-22(4)24(26)6)35(21(2)3)30(37)27(20-25-17-12-11-13-18-25)34-31(38)39-32(7,8)9/h11-14,16-19,21,23,27-28H,10,15,20H2,1-9H3,(H,33,36)(H,34,38). The third-order valence-corrected chi connectivity index (χ3v) is 6.66. The first-order chi connectivity index (χ1) is 18.2. The first-order valence-electron chi connectivity index (χ1n) is 14.0. The molecule has 0 aliphatic carbocycles. The number of carbonyl (C=O) groups excluding carboxylic acids is 3. The molecular formula is C32H47N3O4. The van der Waals surface area contributed by atoms with Gasteiger partial charge in [0.25, 0.3) is 0 Å². The summed E-state index contributed by atoms with van der Waals surface area (Å²) in [4.78, 5) is 42.8. The van der Waals surface area contributed by atoms with Crippen molar-refractivity contribution in [2.75, 3.05) is 0 Å². The van der Waals surface area contributed by atoms with E-state index in [1.54, 1.807) is 25.7 Å². The lowest BCUT2D eigenvalue weighted by molar-refractivity contribution is -0.144. The molecule has 7 nitrogen and oxygen atoms in total. The van der Waals surface area contributed by atoms with Gasteiger partial charge in [-0.1, -0.05) is 61.9 Å². The SMILES string of the molecule is CCCC(C)NC(=O)C(c1cccc(C)c1C)N(C(=O)C(Cc1ccccc1)NC(=O)OC(C)(C)C)C(C)C. The molecule has 2 N–H and O–H groups in total. The maximum atomic E-state index is 14.4. The highest BCUT2D eigenvalue weighted by atomic mass is 16.6. The molecule has 0 heterocycles. The van der Waals surface area contributed by atoms with E-state index in [-0.39, 0.29) is 30.3 Å². The Morgan fingerprint density at radius 1 is 0.923 bits per heavy atom. The second-order valence-corrected chi connectivity index (χ2v) is 11.6. The molecule has 2 rings (SSSR count). The molecule has 0 radical (unpaired) electrons. The summed E-state index contributed by atoms with van der Waals surface area (Å²) in [6.45, 7) is 17.1. The third-order valence-electron chi connectivity index (χ3n) is 6.66. The summed E-state index contributed by atoms with van der Waals surface area (Å²) in [7, 11) is 0. The van der Waals surface area contributed by atoms with Gasteiger partial charge in [0.05, 0.1) is 0 Å². The van der Waals surface area contributed by atoms with Crippen molar-refractivity contribution in [1.82, 2.24) is 15.5 Å². The van der Waals surface area contributed by atoms with Gasteiger partial charge in [-0.05, 0) is 84.1 Å². The molecule has 3 unspecified atom stereocenters. The molecule has 0 saturated carbocycles. The van der Waals surface area contributed by atoms with Gasteiger partial charge >= 0.3 is 6.09 Å². The van der Waals surface area contributed by atoms with Crippen LogP contribution in [0.2, 0.25) is 0 Å². The van der Waals surface area contributed by atoms with Crippen molar-refractivity contribution in [3.8, 4) is 0 Å². The zero-order chi connectivity index (χ0) is 29.3. The van der Waals surface area contributed by atoms with E-state index in [1.807, 2.05) is 83.1 Å². The lowest BCUT2D eigenvalue weighted by atomic mass is 9.93. The molecule has 39 heavy (non-hydrogen) atoms. The molecule has 0 bridgehead atoms. The average Bonchev–Trinajstić information content (AvgIpc) is 2.83. The summed E-state index contributed by atoms with van der Waals surface area (Å²) in [5.74, 6) is -0.577. The second kappa shape index (κ2) is 14.2. The van der Waals surface area contributed by atoms with Crippen LogP contribution in [0.5, 0.6) is 0 Å². The first-order valence-corrected chi connectivity index (χ1v) is 14.0. The molecule has 2 aromatic rings. The molecule has 0 spiro atoms. The Balaban J connectivity index is 2.58. The van der Waals surface area contributed by atoms with Gasteiger partial charge in [-0.25, -0.2) is 4.79 Å². The van der Waals surface area contributed by atoms with E-state index >= 15 is 0 Å². The molecule has 0 aromatic heterocycles. The lowest BCUT2D eigenvalue weighted by Crippen LogP contribution is -2.56. The number of nitrogens with zero attached hydrogens (tertiary/aromatic N) is 1. The van der Waals surface area contributed by atoms with E-state index in [4.69, 9.17) is 4.74 Å². The quantitative estimate of drug-likeness (QED) is 0.367. The van der Waals surface area contributed by atoms with Crippen LogP contribution >= 0.6 is 0 Å². The highest BCUT2D eigenvalue weighted by Gasteiger charge is 2.38. The Kier molecular flexibility index (Phi) is 11.6. The maximum Gasteiger partial charge on any atom is 0.408 e. The summed E-state index contributed by atoms with van der Waals surface area (Å²) >= 11 is 0. The Morgan fingerprint density at radius 2 is 1.56 bits per heavy atom. The van der Waals surface area contributed by atoms with Crippen LogP contribution in [0.4, 0.5) is 4.79 Å². The van der Waals surface area contributed by atoms with Crippen LogP contribution in [-0.4, -0.2) is 46.5 Å². The van der Waals surface area contributed by atoms with Gasteiger partial charge in [-0.2, -0.15) is 0 Å². The Labute approximate surface area is 234 Å². The predicted molar refractivity (Wildman–Crippen MR) is 156 cm³/mol. The molecule has 3 amide bonds. The van der Waals surface area contributed by atoms with Gasteiger partial charge in [0.1, 0.15) is 17.7 Å². The summed E-state index contributed by atoms with van der Waals surface area (Å²) in [5, 5.41) is 5.94. The van der Waals surface area contributed by atoms with Crippen molar-refractivity contribution >= 4 is 17.9 Å². The first kappa shape index (κ1) is 31.9. The number of alkyl carbamates (subject to hydrolysis) is 1. The van der Waals surface area contributed by atoms with Gasteiger partial charge in [0, 0.05) is 18.5 Å². The lowest BCUT2D eigenvalue weighted by Gasteiger charge is -2.38. The van der Waals surface area contributed by atoms with Crippen LogP contribution in [0.1, 0.15) is 89.6 Å². The fourth-order valence-electron chi connectivity index (χ4n) is 4.67. The fraction of sp³-hybridized carbons (Fsp3) is 0.531. The van der Waals surface area contributed by atoms with Crippen molar-refractivity contribution in [2.45, 2.75) is 111 Å². The van der Waals surface area contributed by atoms with Crippen molar-refractivity contribution in [1.29, 1.82) is 0 Å². The number of hydrogen-bond acceptors (Lipinski definition) is 4. The summed E-state index contributed by atoms with van der Waals surface area (Å²) < 4.78 is 5.50. The van der Waals surface area contributed by atoms with Crippen molar-refractivity contribution < 1.29 is 19.1 Å². The molecule has 3 atom stereocenters.